The number of ether oxygens (including phenoxy) is 2. The summed E-state index contributed by atoms with van der Waals surface area (Å²) in [6.07, 6.45) is 1.80. The summed E-state index contributed by atoms with van der Waals surface area (Å²) in [6.45, 7) is 4.87. The van der Waals surface area contributed by atoms with Crippen LogP contribution in [0.1, 0.15) is 35.3 Å². The summed E-state index contributed by atoms with van der Waals surface area (Å²) in [5.41, 5.74) is 2.30. The first-order valence-corrected chi connectivity index (χ1v) is 14.5. The molecule has 0 aliphatic carbocycles. The van der Waals surface area contributed by atoms with Crippen LogP contribution in [0.2, 0.25) is 10.0 Å². The van der Waals surface area contributed by atoms with Gasteiger partial charge in [0.15, 0.2) is 16.7 Å². The average molecular weight is 697 g/mol. The van der Waals surface area contributed by atoms with Crippen LogP contribution < -0.4 is 9.47 Å². The summed E-state index contributed by atoms with van der Waals surface area (Å²) in [7, 11) is 0. The Kier molecular flexibility index (Phi) is 9.81. The first-order chi connectivity index (χ1) is 18.7. The highest BCUT2D eigenvalue weighted by Gasteiger charge is 2.32. The number of amides is 1. The lowest BCUT2D eigenvalue weighted by atomic mass is 10.1. The second-order valence-corrected chi connectivity index (χ2v) is 11.2. The van der Waals surface area contributed by atoms with Crippen molar-refractivity contribution in [1.29, 1.82) is 0 Å². The summed E-state index contributed by atoms with van der Waals surface area (Å²) in [5.74, 6) is -0.0323. The molecule has 1 amide bonds. The maximum absolute atomic E-state index is 13.2. The number of amidine groups is 1. The fourth-order valence-electron chi connectivity index (χ4n) is 3.67. The summed E-state index contributed by atoms with van der Waals surface area (Å²) < 4.78 is 12.8. The van der Waals surface area contributed by atoms with Gasteiger partial charge < -0.3 is 14.6 Å². The maximum Gasteiger partial charge on any atom is 0.335 e. The number of aromatic carboxylic acids is 1. The van der Waals surface area contributed by atoms with Gasteiger partial charge in [0.25, 0.3) is 5.91 Å². The van der Waals surface area contributed by atoms with Crippen molar-refractivity contribution in [3.8, 4) is 11.5 Å². The van der Waals surface area contributed by atoms with Crippen LogP contribution in [-0.2, 0) is 11.4 Å². The number of thioether (sulfide) groups is 1. The summed E-state index contributed by atoms with van der Waals surface area (Å²) in [6, 6.07) is 15.2. The van der Waals surface area contributed by atoms with E-state index in [2.05, 4.69) is 27.6 Å². The van der Waals surface area contributed by atoms with E-state index in [4.69, 9.17) is 37.8 Å². The quantitative estimate of drug-likeness (QED) is 0.181. The molecule has 4 rings (SSSR count). The van der Waals surface area contributed by atoms with Crippen LogP contribution in [0.25, 0.3) is 6.08 Å². The van der Waals surface area contributed by atoms with Gasteiger partial charge in [-0.05, 0) is 108 Å². The zero-order valence-corrected chi connectivity index (χ0v) is 25.4. The normalized spacial score (nSPS) is 15.3. The molecular formula is C28H23Cl2IN2O5S. The predicted octanol–water partition coefficient (Wildman–Crippen LogP) is 7.90. The molecule has 202 valence electrons. The molecule has 0 radical (unpaired) electrons. The van der Waals surface area contributed by atoms with Crippen LogP contribution in [-0.4, -0.2) is 40.2 Å². The van der Waals surface area contributed by atoms with Gasteiger partial charge in [-0.1, -0.05) is 29.3 Å². The first-order valence-electron chi connectivity index (χ1n) is 11.9. The van der Waals surface area contributed by atoms with Crippen molar-refractivity contribution in [2.75, 3.05) is 13.2 Å². The molecule has 1 heterocycles. The van der Waals surface area contributed by atoms with E-state index < -0.39 is 5.97 Å². The number of likely N-dealkylation sites (N-methyl/N-ethyl adjacent to an activating group) is 1. The zero-order valence-electron chi connectivity index (χ0n) is 20.9. The first kappa shape index (κ1) is 29.3. The average Bonchev–Trinajstić information content (AvgIpc) is 3.18. The monoisotopic (exact) mass is 696 g/mol. The molecule has 0 spiro atoms. The minimum atomic E-state index is -1.01. The Hall–Kier alpha value is -2.73. The number of halogens is 3. The molecular weight excluding hydrogens is 674 g/mol. The number of hydrogen-bond acceptors (Lipinski definition) is 6. The number of carbonyl (C=O) groups excluding carboxylic acids is 1. The van der Waals surface area contributed by atoms with Crippen molar-refractivity contribution in [3.63, 3.8) is 0 Å². The van der Waals surface area contributed by atoms with Gasteiger partial charge in [0, 0.05) is 22.2 Å². The number of aliphatic imine (C=N–C) groups is 1. The Balaban J connectivity index is 1.60. The van der Waals surface area contributed by atoms with Crippen LogP contribution >= 0.6 is 57.6 Å². The summed E-state index contributed by atoms with van der Waals surface area (Å²) in [4.78, 5) is 31.0. The lowest BCUT2D eigenvalue weighted by Gasteiger charge is -2.15. The molecule has 1 saturated heterocycles. The molecule has 0 unspecified atom stereocenters. The molecule has 3 aromatic carbocycles. The van der Waals surface area contributed by atoms with Crippen LogP contribution in [0.3, 0.4) is 0 Å². The predicted molar refractivity (Wildman–Crippen MR) is 165 cm³/mol. The number of carboxylic acids is 1. The third-order valence-electron chi connectivity index (χ3n) is 5.56. The van der Waals surface area contributed by atoms with Crippen molar-refractivity contribution in [2.24, 2.45) is 4.99 Å². The molecule has 39 heavy (non-hydrogen) atoms. The molecule has 1 fully saturated rings. The van der Waals surface area contributed by atoms with Gasteiger partial charge >= 0.3 is 5.97 Å². The fourth-order valence-corrected chi connectivity index (χ4v) is 5.98. The largest absolute Gasteiger partial charge is 0.490 e. The zero-order chi connectivity index (χ0) is 28.1. The second kappa shape index (κ2) is 13.1. The van der Waals surface area contributed by atoms with E-state index in [1.54, 1.807) is 35.2 Å². The molecule has 0 bridgehead atoms. The van der Waals surface area contributed by atoms with Crippen molar-refractivity contribution >= 4 is 86.4 Å². The van der Waals surface area contributed by atoms with Crippen LogP contribution in [0.5, 0.6) is 11.5 Å². The van der Waals surface area contributed by atoms with Gasteiger partial charge in [0.2, 0.25) is 0 Å². The third-order valence-corrected chi connectivity index (χ3v) is 7.95. The topological polar surface area (TPSA) is 88.4 Å². The molecule has 0 aromatic heterocycles. The number of nitrogens with zero attached hydrogens (tertiary/aromatic N) is 2. The van der Waals surface area contributed by atoms with E-state index in [1.165, 1.54) is 23.9 Å². The highest BCUT2D eigenvalue weighted by Crippen LogP contribution is 2.39. The molecule has 0 atom stereocenters. The number of carboxylic acid groups (broad SMARTS) is 1. The Morgan fingerprint density at radius 2 is 1.85 bits per heavy atom. The third kappa shape index (κ3) is 7.08. The number of hydrogen-bond donors (Lipinski definition) is 1. The molecule has 1 aliphatic heterocycles. The Bertz CT molecular complexity index is 1480. The van der Waals surface area contributed by atoms with Crippen LogP contribution in [0, 0.1) is 3.57 Å². The maximum atomic E-state index is 13.2. The Labute approximate surface area is 253 Å². The lowest BCUT2D eigenvalue weighted by Crippen LogP contribution is -2.28. The minimum absolute atomic E-state index is 0.158. The van der Waals surface area contributed by atoms with Gasteiger partial charge in [-0.15, -0.1) is 0 Å². The Morgan fingerprint density at radius 1 is 1.10 bits per heavy atom. The number of rotatable bonds is 9. The molecule has 11 heteroatoms. The number of benzene rings is 3. The van der Waals surface area contributed by atoms with E-state index in [9.17, 15) is 9.59 Å². The Morgan fingerprint density at radius 3 is 2.49 bits per heavy atom. The fraction of sp³-hybridized carbons (Fsp3) is 0.179. The molecule has 0 saturated carbocycles. The van der Waals surface area contributed by atoms with E-state index in [0.29, 0.717) is 50.5 Å². The van der Waals surface area contributed by atoms with Crippen molar-refractivity contribution in [2.45, 2.75) is 20.5 Å². The van der Waals surface area contributed by atoms with Crippen LogP contribution in [0.15, 0.2) is 64.5 Å². The standard InChI is InChI=1S/C28H23Cl2IN2O5S/c1-3-33-26(34)24(39-28(33)32-20-9-6-17(7-10-20)27(35)36)13-16-11-22(31)25(23(12-16)37-4-2)38-15-18-5-8-19(29)14-21(18)30/h5-14H,3-4,15H2,1-2H3,(H,35,36)/b24-13-,32-28?. The van der Waals surface area contributed by atoms with E-state index >= 15 is 0 Å². The van der Waals surface area contributed by atoms with Gasteiger partial charge in [-0.25, -0.2) is 9.79 Å². The highest BCUT2D eigenvalue weighted by atomic mass is 127. The lowest BCUT2D eigenvalue weighted by molar-refractivity contribution is -0.122. The van der Waals surface area contributed by atoms with Crippen molar-refractivity contribution in [3.05, 3.63) is 89.8 Å². The van der Waals surface area contributed by atoms with Crippen LogP contribution in [0.4, 0.5) is 5.69 Å². The minimum Gasteiger partial charge on any atom is -0.490 e. The molecule has 3 aromatic rings. The SMILES string of the molecule is CCOc1cc(/C=C2\SC(=Nc3ccc(C(=O)O)cc3)N(CC)C2=O)cc(I)c1OCc1ccc(Cl)cc1Cl. The second-order valence-electron chi connectivity index (χ2n) is 8.19. The molecule has 7 nitrogen and oxygen atoms in total. The smallest absolute Gasteiger partial charge is 0.335 e. The molecule has 1 aliphatic rings. The van der Waals surface area contributed by atoms with Gasteiger partial charge in [0.05, 0.1) is 26.3 Å². The number of carbonyl (C=O) groups is 2. The molecule has 1 N–H and O–H groups in total. The van der Waals surface area contributed by atoms with Gasteiger partial charge in [-0.3, -0.25) is 9.69 Å². The summed E-state index contributed by atoms with van der Waals surface area (Å²) >= 11 is 15.7. The van der Waals surface area contributed by atoms with Crippen molar-refractivity contribution in [1.82, 2.24) is 4.90 Å². The van der Waals surface area contributed by atoms with Gasteiger partial charge in [-0.2, -0.15) is 0 Å². The summed E-state index contributed by atoms with van der Waals surface area (Å²) in [5, 5.41) is 10.7. The van der Waals surface area contributed by atoms with Crippen molar-refractivity contribution < 1.29 is 24.2 Å². The van der Waals surface area contributed by atoms with E-state index in [-0.39, 0.29) is 18.1 Å². The van der Waals surface area contributed by atoms with E-state index in [1.807, 2.05) is 32.0 Å². The van der Waals surface area contributed by atoms with Gasteiger partial charge in [0.1, 0.15) is 6.61 Å². The highest BCUT2D eigenvalue weighted by molar-refractivity contribution is 14.1. The van der Waals surface area contributed by atoms with E-state index in [0.717, 1.165) is 14.7 Å².